The number of rotatable bonds is 6. The minimum atomic E-state index is -3.00. The third-order valence-corrected chi connectivity index (χ3v) is 4.57. The number of halogens is 2. The van der Waals surface area contributed by atoms with Gasteiger partial charge in [0.1, 0.15) is 5.75 Å². The summed E-state index contributed by atoms with van der Waals surface area (Å²) in [4.78, 5) is 17.8. The average Bonchev–Trinajstić information content (AvgIpc) is 3.17. The Morgan fingerprint density at radius 2 is 1.87 bits per heavy atom. The predicted octanol–water partition coefficient (Wildman–Crippen LogP) is 4.97. The Morgan fingerprint density at radius 3 is 2.60 bits per heavy atom. The molecule has 30 heavy (non-hydrogen) atoms. The lowest BCUT2D eigenvalue weighted by Crippen LogP contribution is -2.15. The molecule has 6 nitrogen and oxygen atoms in total. The van der Waals surface area contributed by atoms with Crippen molar-refractivity contribution in [1.82, 2.24) is 14.8 Å². The fourth-order valence-corrected chi connectivity index (χ4v) is 3.18. The molecule has 0 saturated heterocycles. The largest absolute Gasteiger partial charge is 0.433 e. The predicted molar refractivity (Wildman–Crippen MR) is 110 cm³/mol. The maximum atomic E-state index is 13.1. The Labute approximate surface area is 171 Å². The summed E-state index contributed by atoms with van der Waals surface area (Å²) in [6.45, 7) is -0.481. The summed E-state index contributed by atoms with van der Waals surface area (Å²) >= 11 is 0. The zero-order valence-electron chi connectivity index (χ0n) is 16.0. The van der Waals surface area contributed by atoms with Crippen molar-refractivity contribution in [3.05, 3.63) is 72.4 Å². The summed E-state index contributed by atoms with van der Waals surface area (Å²) in [6, 6.07) is 17.2. The topological polar surface area (TPSA) is 69.0 Å². The molecule has 0 saturated carbocycles. The number of hydrogen-bond acceptors (Lipinski definition) is 4. The van der Waals surface area contributed by atoms with Gasteiger partial charge in [0.15, 0.2) is 5.65 Å². The van der Waals surface area contributed by atoms with E-state index in [-0.39, 0.29) is 11.4 Å². The second kappa shape index (κ2) is 8.28. The third-order valence-electron chi connectivity index (χ3n) is 4.57. The summed E-state index contributed by atoms with van der Waals surface area (Å²) in [5.74, 6) is -0.584. The number of amides is 1. The molecule has 0 radical (unpaired) electrons. The number of alkyl halides is 2. The van der Waals surface area contributed by atoms with Crippen LogP contribution in [0.2, 0.25) is 0 Å². The second-order valence-electron chi connectivity index (χ2n) is 6.45. The Hall–Kier alpha value is -3.81. The van der Waals surface area contributed by atoms with E-state index < -0.39 is 12.5 Å². The van der Waals surface area contributed by atoms with Crippen LogP contribution >= 0.6 is 0 Å². The van der Waals surface area contributed by atoms with E-state index in [2.05, 4.69) is 20.1 Å². The normalized spacial score (nSPS) is 11.1. The molecule has 152 valence electrons. The number of carbonyl (C=O) groups excluding carboxylic acids is 1. The Bertz CT molecular complexity index is 1190. The Kier molecular flexibility index (Phi) is 5.38. The number of hydrogen-bond donors (Lipinski definition) is 1. The number of aryl methyl sites for hydroxylation is 1. The van der Waals surface area contributed by atoms with E-state index in [9.17, 15) is 13.6 Å². The van der Waals surface area contributed by atoms with Gasteiger partial charge < -0.3 is 10.1 Å². The highest BCUT2D eigenvalue weighted by atomic mass is 19.3. The van der Waals surface area contributed by atoms with Crippen LogP contribution in [-0.4, -0.2) is 27.3 Å². The number of fused-ring (bicyclic) bond motifs is 1. The van der Waals surface area contributed by atoms with E-state index in [1.165, 1.54) is 12.1 Å². The highest BCUT2D eigenvalue weighted by molar-refractivity contribution is 6.13. The first kappa shape index (κ1) is 19.5. The smallest absolute Gasteiger partial charge is 0.387 e. The molecule has 0 bridgehead atoms. The fraction of sp³-hybridized carbons (Fsp3) is 0.136. The molecule has 0 atom stereocenters. The van der Waals surface area contributed by atoms with Crippen LogP contribution in [-0.2, 0) is 6.54 Å². The van der Waals surface area contributed by atoms with Crippen LogP contribution in [0.1, 0.15) is 17.3 Å². The van der Waals surface area contributed by atoms with Gasteiger partial charge >= 0.3 is 6.61 Å². The number of aromatic nitrogens is 3. The van der Waals surface area contributed by atoms with Crippen LogP contribution in [0.4, 0.5) is 14.5 Å². The molecule has 4 aromatic rings. The van der Waals surface area contributed by atoms with Gasteiger partial charge in [0.2, 0.25) is 0 Å². The number of pyridine rings is 1. The van der Waals surface area contributed by atoms with E-state index in [0.29, 0.717) is 28.8 Å². The number of para-hydroxylation sites is 2. The SMILES string of the molecule is CCn1ncc2c(C(=O)Nc3ccccc3OC(F)F)cc(-c3ccccc3)nc21. The number of ether oxygens (including phenoxy) is 1. The van der Waals surface area contributed by atoms with Crippen molar-refractivity contribution in [3.63, 3.8) is 0 Å². The van der Waals surface area contributed by atoms with Crippen LogP contribution in [0, 0.1) is 0 Å². The van der Waals surface area contributed by atoms with Crippen LogP contribution in [0.3, 0.4) is 0 Å². The first-order chi connectivity index (χ1) is 14.6. The summed E-state index contributed by atoms with van der Waals surface area (Å²) in [5.41, 5.74) is 2.52. The number of benzene rings is 2. The zero-order valence-corrected chi connectivity index (χ0v) is 16.0. The van der Waals surface area contributed by atoms with Crippen molar-refractivity contribution in [1.29, 1.82) is 0 Å². The van der Waals surface area contributed by atoms with Gasteiger partial charge in [-0.15, -0.1) is 0 Å². The van der Waals surface area contributed by atoms with Crippen LogP contribution < -0.4 is 10.1 Å². The van der Waals surface area contributed by atoms with E-state index >= 15 is 0 Å². The number of nitrogens with one attached hydrogen (secondary N) is 1. The third kappa shape index (κ3) is 3.84. The zero-order chi connectivity index (χ0) is 21.1. The monoisotopic (exact) mass is 408 g/mol. The first-order valence-corrected chi connectivity index (χ1v) is 9.34. The second-order valence-corrected chi connectivity index (χ2v) is 6.45. The number of anilines is 1. The van der Waals surface area contributed by atoms with E-state index in [4.69, 9.17) is 0 Å². The van der Waals surface area contributed by atoms with E-state index in [1.54, 1.807) is 29.1 Å². The van der Waals surface area contributed by atoms with E-state index in [0.717, 1.165) is 5.56 Å². The molecule has 2 aromatic carbocycles. The van der Waals surface area contributed by atoms with Gasteiger partial charge in [0.05, 0.1) is 28.5 Å². The molecule has 1 N–H and O–H groups in total. The minimum absolute atomic E-state index is 0.112. The van der Waals surface area contributed by atoms with Crippen LogP contribution in [0.5, 0.6) is 5.75 Å². The fourth-order valence-electron chi connectivity index (χ4n) is 3.18. The van der Waals surface area contributed by atoms with Crippen LogP contribution in [0.25, 0.3) is 22.3 Å². The molecule has 0 aliphatic carbocycles. The molecular weight excluding hydrogens is 390 g/mol. The molecule has 0 fully saturated rings. The summed E-state index contributed by atoms with van der Waals surface area (Å²) in [5, 5.41) is 7.54. The maximum absolute atomic E-state index is 13.1. The summed E-state index contributed by atoms with van der Waals surface area (Å²) in [7, 11) is 0. The average molecular weight is 408 g/mol. The molecule has 8 heteroatoms. The van der Waals surface area contributed by atoms with Crippen molar-refractivity contribution in [2.75, 3.05) is 5.32 Å². The first-order valence-electron chi connectivity index (χ1n) is 9.34. The van der Waals surface area contributed by atoms with Crippen LogP contribution in [0.15, 0.2) is 66.9 Å². The lowest BCUT2D eigenvalue weighted by atomic mass is 10.1. The molecule has 0 spiro atoms. The molecule has 0 aliphatic rings. The van der Waals surface area contributed by atoms with Gasteiger partial charge in [-0.3, -0.25) is 4.79 Å². The van der Waals surface area contributed by atoms with Crippen molar-refractivity contribution in [2.24, 2.45) is 0 Å². The van der Waals surface area contributed by atoms with Gasteiger partial charge in [0.25, 0.3) is 5.91 Å². The quantitative estimate of drug-likeness (QED) is 0.489. The standard InChI is InChI=1S/C22H18F2N4O2/c1-2-28-20-16(13-25-28)15(12-18(26-20)14-8-4-3-5-9-14)21(29)27-17-10-6-7-11-19(17)30-22(23)24/h3-13,22H,2H2,1H3,(H,27,29). The molecule has 0 unspecified atom stereocenters. The molecule has 0 aliphatic heterocycles. The van der Waals surface area contributed by atoms with Gasteiger partial charge in [-0.2, -0.15) is 13.9 Å². The molecule has 2 aromatic heterocycles. The molecular formula is C22H18F2N4O2. The molecule has 4 rings (SSSR count). The minimum Gasteiger partial charge on any atom is -0.433 e. The summed E-state index contributed by atoms with van der Waals surface area (Å²) in [6.07, 6.45) is 1.58. The van der Waals surface area contributed by atoms with Gasteiger partial charge in [-0.05, 0) is 25.1 Å². The van der Waals surface area contributed by atoms with Crippen molar-refractivity contribution in [2.45, 2.75) is 20.1 Å². The van der Waals surface area contributed by atoms with E-state index in [1.807, 2.05) is 37.3 Å². The number of nitrogens with zero attached hydrogens (tertiary/aromatic N) is 3. The van der Waals surface area contributed by atoms with Crippen molar-refractivity contribution >= 4 is 22.6 Å². The van der Waals surface area contributed by atoms with Crippen molar-refractivity contribution < 1.29 is 18.3 Å². The lowest BCUT2D eigenvalue weighted by Gasteiger charge is -2.13. The molecule has 2 heterocycles. The highest BCUT2D eigenvalue weighted by Crippen LogP contribution is 2.29. The number of carbonyl (C=O) groups is 1. The van der Waals surface area contributed by atoms with Gasteiger partial charge in [0, 0.05) is 12.1 Å². The van der Waals surface area contributed by atoms with Crippen molar-refractivity contribution in [3.8, 4) is 17.0 Å². The highest BCUT2D eigenvalue weighted by Gasteiger charge is 2.19. The maximum Gasteiger partial charge on any atom is 0.387 e. The Morgan fingerprint density at radius 1 is 1.13 bits per heavy atom. The van der Waals surface area contributed by atoms with Gasteiger partial charge in [-0.1, -0.05) is 42.5 Å². The lowest BCUT2D eigenvalue weighted by molar-refractivity contribution is -0.0493. The van der Waals surface area contributed by atoms with Gasteiger partial charge in [-0.25, -0.2) is 9.67 Å². The summed E-state index contributed by atoms with van der Waals surface area (Å²) < 4.78 is 31.6. The Balaban J connectivity index is 1.78. The molecule has 1 amide bonds.